The number of rotatable bonds is 7. The fourth-order valence-electron chi connectivity index (χ4n) is 3.68. The molecular weight excluding hydrogens is 438 g/mol. The number of hydrogen-bond donors (Lipinski definition) is 0. The summed E-state index contributed by atoms with van der Waals surface area (Å²) >= 11 is 1.12. The molecule has 0 aliphatic heterocycles. The van der Waals surface area contributed by atoms with Crippen LogP contribution in [-0.2, 0) is 17.9 Å². The molecule has 1 amide bonds. The monoisotopic (exact) mass is 469 g/mol. The highest BCUT2D eigenvalue weighted by Gasteiger charge is 2.28. The highest BCUT2D eigenvalue weighted by atomic mass is 32.1. The van der Waals surface area contributed by atoms with Gasteiger partial charge in [0.1, 0.15) is 4.83 Å². The first-order valence-electron chi connectivity index (χ1n) is 11.1. The normalized spacial score (nSPS) is 11.7. The number of amides is 1. The SMILES string of the molecule is CCN(CC)C(=O)c1sc2c(c1C)c(=O)n(Cc1ccccc1)c(=O)n2CC(=O)C(C)(C)C. The lowest BCUT2D eigenvalue weighted by Gasteiger charge is -2.18. The van der Waals surface area contributed by atoms with Crippen LogP contribution in [0, 0.1) is 12.3 Å². The summed E-state index contributed by atoms with van der Waals surface area (Å²) in [5, 5.41) is 0.327. The van der Waals surface area contributed by atoms with Crippen molar-refractivity contribution in [2.45, 2.75) is 54.6 Å². The van der Waals surface area contributed by atoms with E-state index < -0.39 is 16.7 Å². The van der Waals surface area contributed by atoms with E-state index in [1.165, 1.54) is 9.13 Å². The Morgan fingerprint density at radius 2 is 1.61 bits per heavy atom. The Bertz CT molecular complexity index is 1310. The largest absolute Gasteiger partial charge is 0.338 e. The summed E-state index contributed by atoms with van der Waals surface area (Å²) < 4.78 is 2.53. The molecule has 3 rings (SSSR count). The molecule has 176 valence electrons. The van der Waals surface area contributed by atoms with Gasteiger partial charge in [0, 0.05) is 18.5 Å². The van der Waals surface area contributed by atoms with Crippen LogP contribution in [-0.4, -0.2) is 38.8 Å². The van der Waals surface area contributed by atoms with E-state index in [4.69, 9.17) is 0 Å². The Hall–Kier alpha value is -3.00. The van der Waals surface area contributed by atoms with Crippen LogP contribution in [0.4, 0.5) is 0 Å². The molecule has 2 aromatic heterocycles. The van der Waals surface area contributed by atoms with Gasteiger partial charge in [-0.25, -0.2) is 4.79 Å². The first-order chi connectivity index (χ1) is 15.5. The van der Waals surface area contributed by atoms with E-state index in [1.807, 2.05) is 44.2 Å². The van der Waals surface area contributed by atoms with Crippen LogP contribution in [0.5, 0.6) is 0 Å². The number of Topliss-reactive ketones (excluding diaryl/α,β-unsaturated/α-hetero) is 1. The van der Waals surface area contributed by atoms with Crippen molar-refractivity contribution in [1.29, 1.82) is 0 Å². The zero-order chi connectivity index (χ0) is 24.5. The number of aryl methyl sites for hydroxylation is 1. The fourth-order valence-corrected chi connectivity index (χ4v) is 4.94. The molecule has 0 spiro atoms. The van der Waals surface area contributed by atoms with Gasteiger partial charge in [0.25, 0.3) is 11.5 Å². The molecule has 7 nitrogen and oxygen atoms in total. The molecule has 8 heteroatoms. The number of ketones is 1. The average Bonchev–Trinajstić information content (AvgIpc) is 3.12. The number of carbonyl (C=O) groups is 2. The predicted octanol–water partition coefficient (Wildman–Crippen LogP) is 3.68. The lowest BCUT2D eigenvalue weighted by molar-refractivity contribution is -0.126. The molecule has 0 unspecified atom stereocenters. The molecule has 2 heterocycles. The van der Waals surface area contributed by atoms with Crippen molar-refractivity contribution in [1.82, 2.24) is 14.0 Å². The van der Waals surface area contributed by atoms with Crippen LogP contribution in [0.2, 0.25) is 0 Å². The van der Waals surface area contributed by atoms with Crippen molar-refractivity contribution in [3.05, 3.63) is 67.2 Å². The smallest absolute Gasteiger partial charge is 0.332 e. The number of nitrogens with zero attached hydrogens (tertiary/aromatic N) is 3. The van der Waals surface area contributed by atoms with Gasteiger partial charge < -0.3 is 4.90 Å². The number of fused-ring (bicyclic) bond motifs is 1. The number of thiophene rings is 1. The van der Waals surface area contributed by atoms with Gasteiger partial charge in [-0.3, -0.25) is 23.5 Å². The summed E-state index contributed by atoms with van der Waals surface area (Å²) in [4.78, 5) is 55.5. The molecule has 0 fully saturated rings. The van der Waals surface area contributed by atoms with E-state index in [2.05, 4.69) is 0 Å². The predicted molar refractivity (Wildman–Crippen MR) is 132 cm³/mol. The molecule has 1 aromatic carbocycles. The van der Waals surface area contributed by atoms with Crippen molar-refractivity contribution >= 4 is 33.2 Å². The summed E-state index contributed by atoms with van der Waals surface area (Å²) in [6.45, 7) is 11.9. The Kier molecular flexibility index (Phi) is 7.07. The van der Waals surface area contributed by atoms with Crippen LogP contribution in [0.1, 0.15) is 55.4 Å². The fraction of sp³-hybridized carbons (Fsp3) is 0.440. The summed E-state index contributed by atoms with van der Waals surface area (Å²) in [6.07, 6.45) is 0. The van der Waals surface area contributed by atoms with Gasteiger partial charge in [-0.1, -0.05) is 51.1 Å². The minimum Gasteiger partial charge on any atom is -0.338 e. The highest BCUT2D eigenvalue weighted by molar-refractivity contribution is 7.20. The van der Waals surface area contributed by atoms with E-state index in [0.29, 0.717) is 33.7 Å². The third kappa shape index (κ3) is 4.71. The van der Waals surface area contributed by atoms with Crippen molar-refractivity contribution in [2.24, 2.45) is 5.41 Å². The molecule has 0 radical (unpaired) electrons. The number of hydrogen-bond acceptors (Lipinski definition) is 5. The van der Waals surface area contributed by atoms with Gasteiger partial charge in [0.15, 0.2) is 5.78 Å². The van der Waals surface area contributed by atoms with E-state index >= 15 is 0 Å². The molecule has 0 saturated carbocycles. The van der Waals surface area contributed by atoms with Gasteiger partial charge >= 0.3 is 5.69 Å². The van der Waals surface area contributed by atoms with Crippen molar-refractivity contribution in [3.8, 4) is 0 Å². The molecule has 33 heavy (non-hydrogen) atoms. The van der Waals surface area contributed by atoms with Crippen LogP contribution < -0.4 is 11.2 Å². The number of benzene rings is 1. The zero-order valence-corrected chi connectivity index (χ0v) is 20.9. The molecule has 0 bridgehead atoms. The summed E-state index contributed by atoms with van der Waals surface area (Å²) in [7, 11) is 0. The van der Waals surface area contributed by atoms with Crippen molar-refractivity contribution in [2.75, 3.05) is 13.1 Å². The minimum absolute atomic E-state index is 0.0900. The second kappa shape index (κ2) is 9.47. The van der Waals surface area contributed by atoms with Gasteiger partial charge in [-0.15, -0.1) is 11.3 Å². The Morgan fingerprint density at radius 1 is 1.00 bits per heavy atom. The first kappa shape index (κ1) is 24.6. The maximum absolute atomic E-state index is 13.5. The van der Waals surface area contributed by atoms with Gasteiger partial charge in [-0.05, 0) is 31.9 Å². The Morgan fingerprint density at radius 3 is 2.15 bits per heavy atom. The summed E-state index contributed by atoms with van der Waals surface area (Å²) in [6, 6.07) is 9.24. The quantitative estimate of drug-likeness (QED) is 0.529. The van der Waals surface area contributed by atoms with Crippen LogP contribution in [0.3, 0.4) is 0 Å². The van der Waals surface area contributed by atoms with E-state index in [-0.39, 0.29) is 24.8 Å². The summed E-state index contributed by atoms with van der Waals surface area (Å²) in [5.41, 5.74) is -0.284. The molecule has 0 saturated heterocycles. The molecule has 0 aliphatic rings. The van der Waals surface area contributed by atoms with Gasteiger partial charge in [0.05, 0.1) is 23.4 Å². The third-order valence-electron chi connectivity index (χ3n) is 5.86. The van der Waals surface area contributed by atoms with Crippen LogP contribution in [0.15, 0.2) is 39.9 Å². The average molecular weight is 470 g/mol. The maximum Gasteiger partial charge on any atom is 0.332 e. The van der Waals surface area contributed by atoms with Crippen LogP contribution >= 0.6 is 11.3 Å². The third-order valence-corrected chi connectivity index (χ3v) is 7.16. The molecule has 3 aromatic rings. The topological polar surface area (TPSA) is 81.4 Å². The zero-order valence-electron chi connectivity index (χ0n) is 20.1. The van der Waals surface area contributed by atoms with Gasteiger partial charge in [0.2, 0.25) is 0 Å². The van der Waals surface area contributed by atoms with E-state index in [1.54, 1.807) is 32.6 Å². The lowest BCUT2D eigenvalue weighted by Crippen LogP contribution is -2.42. The Labute approximate surface area is 197 Å². The van der Waals surface area contributed by atoms with E-state index in [9.17, 15) is 19.2 Å². The number of carbonyl (C=O) groups excluding carboxylic acids is 2. The Balaban J connectivity index is 2.32. The van der Waals surface area contributed by atoms with Gasteiger partial charge in [-0.2, -0.15) is 0 Å². The second-order valence-corrected chi connectivity index (χ2v) is 10.1. The van der Waals surface area contributed by atoms with E-state index in [0.717, 1.165) is 16.9 Å². The van der Waals surface area contributed by atoms with Crippen LogP contribution in [0.25, 0.3) is 10.2 Å². The molecular formula is C25H31N3O4S. The highest BCUT2D eigenvalue weighted by Crippen LogP contribution is 2.29. The standard InChI is InChI=1S/C25H31N3O4S/c1-7-26(8-2)22(31)20-16(3)19-21(30)27(14-17-12-10-9-11-13-17)24(32)28(23(19)33-20)15-18(29)25(4,5)6/h9-13H,7-8,14-15H2,1-6H3. The molecule has 0 aliphatic carbocycles. The molecule has 0 atom stereocenters. The first-order valence-corrected chi connectivity index (χ1v) is 12.0. The second-order valence-electron chi connectivity index (χ2n) is 9.13. The van der Waals surface area contributed by atoms with Crippen molar-refractivity contribution < 1.29 is 9.59 Å². The number of aromatic nitrogens is 2. The lowest BCUT2D eigenvalue weighted by atomic mass is 9.91. The maximum atomic E-state index is 13.5. The molecule has 0 N–H and O–H groups in total. The summed E-state index contributed by atoms with van der Waals surface area (Å²) in [5.74, 6) is -0.299. The minimum atomic E-state index is -0.654. The van der Waals surface area contributed by atoms with Crippen molar-refractivity contribution in [3.63, 3.8) is 0 Å².